The summed E-state index contributed by atoms with van der Waals surface area (Å²) in [7, 11) is -3.69. The van der Waals surface area contributed by atoms with Crippen LogP contribution >= 0.6 is 11.3 Å². The Morgan fingerprint density at radius 1 is 1.17 bits per heavy atom. The number of nitrogens with one attached hydrogen (secondary N) is 1. The topological polar surface area (TPSA) is 72.5 Å². The van der Waals surface area contributed by atoms with E-state index in [9.17, 15) is 13.2 Å². The van der Waals surface area contributed by atoms with Gasteiger partial charge in [0.05, 0.1) is 11.5 Å². The van der Waals surface area contributed by atoms with E-state index in [0.717, 1.165) is 16.9 Å². The summed E-state index contributed by atoms with van der Waals surface area (Å²) in [6.07, 6.45) is 0. The molecular formula is C16H19NO4S2. The molecule has 5 nitrogen and oxygen atoms in total. The molecule has 7 heteroatoms. The number of hydrogen-bond acceptors (Lipinski definition) is 5. The lowest BCUT2D eigenvalue weighted by molar-refractivity contribution is 0.0531. The van der Waals surface area contributed by atoms with Gasteiger partial charge in [-0.05, 0) is 51.0 Å². The molecule has 23 heavy (non-hydrogen) atoms. The van der Waals surface area contributed by atoms with Gasteiger partial charge >= 0.3 is 5.97 Å². The molecule has 0 saturated heterocycles. The Bertz CT molecular complexity index is 838. The molecule has 0 unspecified atom stereocenters. The number of esters is 1. The van der Waals surface area contributed by atoms with E-state index in [1.165, 1.54) is 0 Å². The van der Waals surface area contributed by atoms with Crippen molar-refractivity contribution in [2.45, 2.75) is 32.6 Å². The zero-order valence-electron chi connectivity index (χ0n) is 13.5. The largest absolute Gasteiger partial charge is 0.462 e. The Labute approximate surface area is 140 Å². The Morgan fingerprint density at radius 2 is 1.87 bits per heavy atom. The molecule has 0 amide bonds. The lowest BCUT2D eigenvalue weighted by Gasteiger charge is -2.09. The van der Waals surface area contributed by atoms with Crippen molar-refractivity contribution in [2.24, 2.45) is 0 Å². The van der Waals surface area contributed by atoms with Gasteiger partial charge in [0.1, 0.15) is 9.88 Å². The van der Waals surface area contributed by atoms with Gasteiger partial charge in [0.15, 0.2) is 0 Å². The Balaban J connectivity index is 2.31. The SMILES string of the molecule is CCOC(=O)c1sc(NS(=O)(=O)c2ccc(C)cc2C)cc1C. The number of ether oxygens (including phenoxy) is 1. The van der Waals surface area contributed by atoms with E-state index in [-0.39, 0.29) is 11.5 Å². The standard InChI is InChI=1S/C16H19NO4S2/c1-5-21-16(18)15-12(4)9-14(22-15)17-23(19,20)13-7-6-10(2)8-11(13)3/h6-9,17H,5H2,1-4H3. The van der Waals surface area contributed by atoms with Crippen LogP contribution in [0, 0.1) is 20.8 Å². The zero-order valence-corrected chi connectivity index (χ0v) is 15.1. The van der Waals surface area contributed by atoms with Crippen molar-refractivity contribution >= 4 is 32.3 Å². The summed E-state index contributed by atoms with van der Waals surface area (Å²) in [5.74, 6) is -0.438. The molecule has 1 N–H and O–H groups in total. The van der Waals surface area contributed by atoms with Crippen molar-refractivity contribution in [3.05, 3.63) is 45.8 Å². The molecule has 2 rings (SSSR count). The summed E-state index contributed by atoms with van der Waals surface area (Å²) in [4.78, 5) is 12.5. The molecule has 0 aliphatic heterocycles. The van der Waals surface area contributed by atoms with Gasteiger partial charge < -0.3 is 4.74 Å². The van der Waals surface area contributed by atoms with Crippen molar-refractivity contribution in [1.29, 1.82) is 0 Å². The second kappa shape index (κ2) is 6.72. The summed E-state index contributed by atoms with van der Waals surface area (Å²) in [6, 6.07) is 6.79. The number of rotatable bonds is 5. The van der Waals surface area contributed by atoms with Crippen LogP contribution in [0.25, 0.3) is 0 Å². The van der Waals surface area contributed by atoms with Gasteiger partial charge in [0.2, 0.25) is 0 Å². The fraction of sp³-hybridized carbons (Fsp3) is 0.312. The maximum atomic E-state index is 12.5. The summed E-state index contributed by atoms with van der Waals surface area (Å²) in [5.41, 5.74) is 2.36. The fourth-order valence-electron chi connectivity index (χ4n) is 2.22. The van der Waals surface area contributed by atoms with Crippen LogP contribution in [0.2, 0.25) is 0 Å². The molecule has 0 saturated carbocycles. The number of anilines is 1. The first kappa shape index (κ1) is 17.5. The average Bonchev–Trinajstić information content (AvgIpc) is 2.78. The molecule has 0 fully saturated rings. The minimum Gasteiger partial charge on any atom is -0.462 e. The van der Waals surface area contributed by atoms with E-state index in [0.29, 0.717) is 21.0 Å². The van der Waals surface area contributed by atoms with Gasteiger partial charge in [-0.3, -0.25) is 4.72 Å². The van der Waals surface area contributed by atoms with Crippen LogP contribution in [0.5, 0.6) is 0 Å². The highest BCUT2D eigenvalue weighted by Crippen LogP contribution is 2.30. The normalized spacial score (nSPS) is 11.3. The van der Waals surface area contributed by atoms with Crippen LogP contribution in [-0.2, 0) is 14.8 Å². The number of carbonyl (C=O) groups is 1. The van der Waals surface area contributed by atoms with Gasteiger partial charge in [-0.15, -0.1) is 11.3 Å². The van der Waals surface area contributed by atoms with Crippen LogP contribution in [0.3, 0.4) is 0 Å². The minimum absolute atomic E-state index is 0.229. The number of aryl methyl sites for hydroxylation is 3. The maximum absolute atomic E-state index is 12.5. The van der Waals surface area contributed by atoms with Crippen molar-refractivity contribution in [1.82, 2.24) is 0 Å². The highest BCUT2D eigenvalue weighted by atomic mass is 32.2. The van der Waals surface area contributed by atoms with Gasteiger partial charge in [-0.25, -0.2) is 13.2 Å². The lowest BCUT2D eigenvalue weighted by atomic mass is 10.2. The van der Waals surface area contributed by atoms with Gasteiger partial charge in [0.25, 0.3) is 10.0 Å². The summed E-state index contributed by atoms with van der Waals surface area (Å²) < 4.78 is 32.6. The van der Waals surface area contributed by atoms with E-state index < -0.39 is 16.0 Å². The molecular weight excluding hydrogens is 334 g/mol. The third-order valence-corrected chi connectivity index (χ3v) is 6.02. The van der Waals surface area contributed by atoms with Gasteiger partial charge in [-0.1, -0.05) is 17.7 Å². The third-order valence-electron chi connectivity index (χ3n) is 3.23. The number of hydrogen-bond donors (Lipinski definition) is 1. The molecule has 124 valence electrons. The monoisotopic (exact) mass is 353 g/mol. The maximum Gasteiger partial charge on any atom is 0.348 e. The Morgan fingerprint density at radius 3 is 2.48 bits per heavy atom. The fourth-order valence-corrected chi connectivity index (χ4v) is 4.70. The first-order valence-electron chi connectivity index (χ1n) is 7.12. The van der Waals surface area contributed by atoms with Crippen molar-refractivity contribution in [2.75, 3.05) is 11.3 Å². The summed E-state index contributed by atoms with van der Waals surface area (Å²) >= 11 is 1.07. The first-order chi connectivity index (χ1) is 10.7. The second-order valence-corrected chi connectivity index (χ2v) is 7.92. The molecule has 0 radical (unpaired) electrons. The smallest absolute Gasteiger partial charge is 0.348 e. The van der Waals surface area contributed by atoms with Crippen molar-refractivity contribution in [3.63, 3.8) is 0 Å². The molecule has 0 atom stereocenters. The first-order valence-corrected chi connectivity index (χ1v) is 9.42. The van der Waals surface area contributed by atoms with Gasteiger partial charge in [-0.2, -0.15) is 0 Å². The highest BCUT2D eigenvalue weighted by Gasteiger charge is 2.20. The predicted octanol–water partition coefficient (Wildman–Crippen LogP) is 3.65. The van der Waals surface area contributed by atoms with Crippen LogP contribution in [0.4, 0.5) is 5.00 Å². The molecule has 0 spiro atoms. The zero-order chi connectivity index (χ0) is 17.2. The minimum atomic E-state index is -3.69. The summed E-state index contributed by atoms with van der Waals surface area (Å²) in [6.45, 7) is 7.42. The second-order valence-electron chi connectivity index (χ2n) is 5.22. The van der Waals surface area contributed by atoms with E-state index in [1.54, 1.807) is 39.0 Å². The molecule has 0 aliphatic carbocycles. The van der Waals surface area contributed by atoms with E-state index in [4.69, 9.17) is 4.74 Å². The molecule has 0 bridgehead atoms. The number of thiophene rings is 1. The van der Waals surface area contributed by atoms with E-state index >= 15 is 0 Å². The van der Waals surface area contributed by atoms with Crippen LogP contribution in [-0.4, -0.2) is 21.0 Å². The predicted molar refractivity (Wildman–Crippen MR) is 91.7 cm³/mol. The number of benzene rings is 1. The average molecular weight is 353 g/mol. The van der Waals surface area contributed by atoms with Crippen LogP contribution < -0.4 is 4.72 Å². The van der Waals surface area contributed by atoms with Crippen LogP contribution in [0.15, 0.2) is 29.2 Å². The van der Waals surface area contributed by atoms with Crippen molar-refractivity contribution < 1.29 is 17.9 Å². The molecule has 1 heterocycles. The van der Waals surface area contributed by atoms with Crippen molar-refractivity contribution in [3.8, 4) is 0 Å². The molecule has 2 aromatic rings. The van der Waals surface area contributed by atoms with Crippen LogP contribution in [0.1, 0.15) is 33.3 Å². The number of carbonyl (C=O) groups excluding carboxylic acids is 1. The Hall–Kier alpha value is -1.86. The molecule has 1 aromatic carbocycles. The quantitative estimate of drug-likeness (QED) is 0.833. The van der Waals surface area contributed by atoms with E-state index in [1.807, 2.05) is 13.0 Å². The van der Waals surface area contributed by atoms with Gasteiger partial charge in [0, 0.05) is 0 Å². The lowest BCUT2D eigenvalue weighted by Crippen LogP contribution is -2.13. The highest BCUT2D eigenvalue weighted by molar-refractivity contribution is 7.93. The van der Waals surface area contributed by atoms with E-state index in [2.05, 4.69) is 4.72 Å². The number of sulfonamides is 1. The Kier molecular flexibility index (Phi) is 5.11. The molecule has 1 aromatic heterocycles. The third kappa shape index (κ3) is 3.92. The summed E-state index contributed by atoms with van der Waals surface area (Å²) in [5, 5.41) is 0.394. The molecule has 0 aliphatic rings.